The SMILES string of the molecule is CCNCc1coc(N(C)Cc2cnn(C)c2)n1. The molecule has 0 unspecified atom stereocenters. The summed E-state index contributed by atoms with van der Waals surface area (Å²) in [7, 11) is 3.86. The van der Waals surface area contributed by atoms with Gasteiger partial charge in [0.2, 0.25) is 0 Å². The van der Waals surface area contributed by atoms with Gasteiger partial charge in [-0.1, -0.05) is 6.92 Å². The third kappa shape index (κ3) is 3.10. The summed E-state index contributed by atoms with van der Waals surface area (Å²) in [4.78, 5) is 6.38. The third-order valence-electron chi connectivity index (χ3n) is 2.60. The van der Waals surface area contributed by atoms with Crippen molar-refractivity contribution < 1.29 is 4.42 Å². The summed E-state index contributed by atoms with van der Waals surface area (Å²) < 4.78 is 7.24. The highest BCUT2D eigenvalue weighted by molar-refractivity contribution is 5.27. The molecule has 2 aromatic rings. The van der Waals surface area contributed by atoms with Crippen LogP contribution in [-0.4, -0.2) is 28.4 Å². The second kappa shape index (κ2) is 5.68. The zero-order chi connectivity index (χ0) is 13.0. The van der Waals surface area contributed by atoms with E-state index in [1.54, 1.807) is 10.9 Å². The van der Waals surface area contributed by atoms with Crippen LogP contribution < -0.4 is 10.2 Å². The highest BCUT2D eigenvalue weighted by Crippen LogP contribution is 2.14. The lowest BCUT2D eigenvalue weighted by molar-refractivity contribution is 0.543. The Bertz CT molecular complexity index is 490. The van der Waals surface area contributed by atoms with Crippen molar-refractivity contribution in [3.05, 3.63) is 29.9 Å². The Morgan fingerprint density at radius 1 is 1.50 bits per heavy atom. The molecule has 6 nitrogen and oxygen atoms in total. The van der Waals surface area contributed by atoms with E-state index in [9.17, 15) is 0 Å². The number of aryl methyl sites for hydroxylation is 1. The number of oxazole rings is 1. The van der Waals surface area contributed by atoms with Crippen LogP contribution in [0.3, 0.4) is 0 Å². The van der Waals surface area contributed by atoms with Gasteiger partial charge in [0.25, 0.3) is 6.01 Å². The first-order chi connectivity index (χ1) is 8.69. The van der Waals surface area contributed by atoms with Crippen LogP contribution in [0.4, 0.5) is 6.01 Å². The molecule has 0 spiro atoms. The molecule has 6 heteroatoms. The number of aromatic nitrogens is 3. The average molecular weight is 249 g/mol. The van der Waals surface area contributed by atoms with Gasteiger partial charge in [0.05, 0.1) is 18.4 Å². The van der Waals surface area contributed by atoms with E-state index in [4.69, 9.17) is 4.42 Å². The lowest BCUT2D eigenvalue weighted by Gasteiger charge is -2.12. The van der Waals surface area contributed by atoms with Crippen LogP contribution >= 0.6 is 0 Å². The van der Waals surface area contributed by atoms with Crippen LogP contribution in [0, 0.1) is 0 Å². The second-order valence-corrected chi connectivity index (χ2v) is 4.28. The van der Waals surface area contributed by atoms with Gasteiger partial charge in [-0.15, -0.1) is 0 Å². The highest BCUT2D eigenvalue weighted by atomic mass is 16.4. The minimum Gasteiger partial charge on any atom is -0.432 e. The molecular formula is C12H19N5O. The standard InChI is InChI=1S/C12H19N5O/c1-4-13-6-11-9-18-12(15-11)16(2)7-10-5-14-17(3)8-10/h5,8-9,13H,4,6-7H2,1-3H3. The number of rotatable bonds is 6. The monoisotopic (exact) mass is 249 g/mol. The van der Waals surface area contributed by atoms with E-state index >= 15 is 0 Å². The van der Waals surface area contributed by atoms with Crippen molar-refractivity contribution in [1.29, 1.82) is 0 Å². The van der Waals surface area contributed by atoms with Gasteiger partial charge in [0.15, 0.2) is 0 Å². The maximum absolute atomic E-state index is 5.45. The van der Waals surface area contributed by atoms with E-state index < -0.39 is 0 Å². The minimum atomic E-state index is 0.631. The van der Waals surface area contributed by atoms with Crippen molar-refractivity contribution in [3.63, 3.8) is 0 Å². The van der Waals surface area contributed by atoms with Gasteiger partial charge < -0.3 is 14.6 Å². The fraction of sp³-hybridized carbons (Fsp3) is 0.500. The van der Waals surface area contributed by atoms with Crippen LogP contribution in [-0.2, 0) is 20.1 Å². The molecule has 2 rings (SSSR count). The molecule has 0 saturated heterocycles. The molecule has 2 aromatic heterocycles. The Balaban J connectivity index is 1.96. The Labute approximate surface area is 107 Å². The Hall–Kier alpha value is -1.82. The van der Waals surface area contributed by atoms with Gasteiger partial charge in [-0.25, -0.2) is 0 Å². The molecular weight excluding hydrogens is 230 g/mol. The third-order valence-corrected chi connectivity index (χ3v) is 2.60. The summed E-state index contributed by atoms with van der Waals surface area (Å²) in [5, 5.41) is 7.35. The molecule has 0 saturated carbocycles. The Morgan fingerprint density at radius 3 is 3.00 bits per heavy atom. The molecule has 0 aliphatic rings. The average Bonchev–Trinajstić information content (AvgIpc) is 2.96. The van der Waals surface area contributed by atoms with Crippen LogP contribution in [0.5, 0.6) is 0 Å². The Morgan fingerprint density at radius 2 is 2.33 bits per heavy atom. The maximum atomic E-state index is 5.45. The largest absolute Gasteiger partial charge is 0.432 e. The van der Waals surface area contributed by atoms with E-state index in [1.165, 1.54) is 0 Å². The molecule has 18 heavy (non-hydrogen) atoms. The molecule has 0 bridgehead atoms. The van der Waals surface area contributed by atoms with E-state index in [0.717, 1.165) is 30.9 Å². The van der Waals surface area contributed by atoms with E-state index in [1.807, 2.05) is 31.4 Å². The van der Waals surface area contributed by atoms with Gasteiger partial charge in [0, 0.05) is 32.4 Å². The number of hydrogen-bond donors (Lipinski definition) is 1. The number of nitrogens with zero attached hydrogens (tertiary/aromatic N) is 4. The lowest BCUT2D eigenvalue weighted by Crippen LogP contribution is -2.17. The first-order valence-corrected chi connectivity index (χ1v) is 6.03. The van der Waals surface area contributed by atoms with Crippen molar-refractivity contribution in [2.45, 2.75) is 20.0 Å². The van der Waals surface area contributed by atoms with E-state index in [0.29, 0.717) is 6.01 Å². The van der Waals surface area contributed by atoms with Gasteiger partial charge >= 0.3 is 0 Å². The normalized spacial score (nSPS) is 10.8. The number of nitrogens with one attached hydrogen (secondary N) is 1. The first kappa shape index (κ1) is 12.6. The summed E-state index contributed by atoms with van der Waals surface area (Å²) in [6.07, 6.45) is 5.52. The summed E-state index contributed by atoms with van der Waals surface area (Å²) in [6, 6.07) is 0.631. The van der Waals surface area contributed by atoms with E-state index in [2.05, 4.69) is 22.3 Å². The molecule has 98 valence electrons. The van der Waals surface area contributed by atoms with Gasteiger partial charge in [0.1, 0.15) is 6.26 Å². The molecule has 0 amide bonds. The highest BCUT2D eigenvalue weighted by Gasteiger charge is 2.10. The zero-order valence-electron chi connectivity index (χ0n) is 11.1. The summed E-state index contributed by atoms with van der Waals surface area (Å²) in [5.41, 5.74) is 2.05. The molecule has 0 radical (unpaired) electrons. The van der Waals surface area contributed by atoms with Gasteiger partial charge in [-0.2, -0.15) is 10.1 Å². The molecule has 0 atom stereocenters. The molecule has 0 aliphatic carbocycles. The molecule has 0 fully saturated rings. The van der Waals surface area contributed by atoms with Gasteiger partial charge in [-0.05, 0) is 6.54 Å². The predicted octanol–water partition coefficient (Wildman–Crippen LogP) is 1.15. The maximum Gasteiger partial charge on any atom is 0.297 e. The van der Waals surface area contributed by atoms with Crippen molar-refractivity contribution >= 4 is 6.01 Å². The van der Waals surface area contributed by atoms with E-state index in [-0.39, 0.29) is 0 Å². The van der Waals surface area contributed by atoms with Crippen LogP contribution in [0.2, 0.25) is 0 Å². The summed E-state index contributed by atoms with van der Waals surface area (Å²) >= 11 is 0. The summed E-state index contributed by atoms with van der Waals surface area (Å²) in [6.45, 7) is 4.46. The number of hydrogen-bond acceptors (Lipinski definition) is 5. The predicted molar refractivity (Wildman–Crippen MR) is 69.2 cm³/mol. The molecule has 0 aromatic carbocycles. The quantitative estimate of drug-likeness (QED) is 0.832. The first-order valence-electron chi connectivity index (χ1n) is 6.03. The fourth-order valence-corrected chi connectivity index (χ4v) is 1.70. The van der Waals surface area contributed by atoms with Crippen LogP contribution in [0.1, 0.15) is 18.2 Å². The van der Waals surface area contributed by atoms with Crippen molar-refractivity contribution in [3.8, 4) is 0 Å². The van der Waals surface area contributed by atoms with Crippen LogP contribution in [0.15, 0.2) is 23.1 Å². The molecule has 2 heterocycles. The second-order valence-electron chi connectivity index (χ2n) is 4.28. The van der Waals surface area contributed by atoms with Gasteiger partial charge in [-0.3, -0.25) is 4.68 Å². The zero-order valence-corrected chi connectivity index (χ0v) is 11.1. The van der Waals surface area contributed by atoms with Crippen molar-refractivity contribution in [1.82, 2.24) is 20.1 Å². The van der Waals surface area contributed by atoms with Crippen LogP contribution in [0.25, 0.3) is 0 Å². The summed E-state index contributed by atoms with van der Waals surface area (Å²) in [5.74, 6) is 0. The molecule has 0 aliphatic heterocycles. The van der Waals surface area contributed by atoms with Crippen molar-refractivity contribution in [2.24, 2.45) is 7.05 Å². The smallest absolute Gasteiger partial charge is 0.297 e. The minimum absolute atomic E-state index is 0.631. The Kier molecular flexibility index (Phi) is 3.99. The topological polar surface area (TPSA) is 59.1 Å². The van der Waals surface area contributed by atoms with Crippen molar-refractivity contribution in [2.75, 3.05) is 18.5 Å². The number of anilines is 1. The lowest BCUT2D eigenvalue weighted by atomic mass is 10.3. The fourth-order valence-electron chi connectivity index (χ4n) is 1.70. The molecule has 1 N–H and O–H groups in total.